The van der Waals surface area contributed by atoms with Crippen molar-refractivity contribution in [3.8, 4) is 0 Å². The summed E-state index contributed by atoms with van der Waals surface area (Å²) in [6, 6.07) is 4.79. The highest BCUT2D eigenvalue weighted by molar-refractivity contribution is 7.89. The zero-order valence-electron chi connectivity index (χ0n) is 10.4. The third-order valence-electron chi connectivity index (χ3n) is 2.42. The predicted octanol–water partition coefficient (Wildman–Crippen LogP) is 1.37. The Kier molecular flexibility index (Phi) is 3.81. The summed E-state index contributed by atoms with van der Waals surface area (Å²) in [5.41, 5.74) is -0.292. The molecule has 0 aliphatic carbocycles. The molecule has 1 aromatic carbocycles. The van der Waals surface area contributed by atoms with Crippen molar-refractivity contribution in [1.82, 2.24) is 9.71 Å². The SMILES string of the molecule is Cc1cnc(CNS(=O)(=O)c2cccc([N+](=O)[O-])c2)o1. The van der Waals surface area contributed by atoms with Gasteiger partial charge in [-0.25, -0.2) is 18.1 Å². The van der Waals surface area contributed by atoms with Crippen LogP contribution in [0.5, 0.6) is 0 Å². The van der Waals surface area contributed by atoms with Crippen LogP contribution in [0, 0.1) is 17.0 Å². The number of rotatable bonds is 5. The Hall–Kier alpha value is -2.26. The molecule has 0 amide bonds. The number of aromatic nitrogens is 1. The number of nitro benzene ring substituents is 1. The molecule has 1 N–H and O–H groups in total. The molecule has 0 spiro atoms. The monoisotopic (exact) mass is 297 g/mol. The summed E-state index contributed by atoms with van der Waals surface area (Å²) in [6.07, 6.45) is 1.47. The van der Waals surface area contributed by atoms with E-state index in [0.29, 0.717) is 5.76 Å². The molecule has 1 heterocycles. The van der Waals surface area contributed by atoms with Crippen molar-refractivity contribution in [2.75, 3.05) is 0 Å². The minimum atomic E-state index is -3.86. The molecule has 2 rings (SSSR count). The third-order valence-corrected chi connectivity index (χ3v) is 3.82. The summed E-state index contributed by atoms with van der Waals surface area (Å²) < 4.78 is 31.4. The van der Waals surface area contributed by atoms with Crippen molar-refractivity contribution in [2.24, 2.45) is 0 Å². The largest absolute Gasteiger partial charge is 0.445 e. The number of hydrogen-bond donors (Lipinski definition) is 1. The van der Waals surface area contributed by atoms with Crippen molar-refractivity contribution >= 4 is 15.7 Å². The molecule has 0 saturated carbocycles. The highest BCUT2D eigenvalue weighted by atomic mass is 32.2. The number of oxazole rings is 1. The van der Waals surface area contributed by atoms with Gasteiger partial charge >= 0.3 is 0 Å². The maximum Gasteiger partial charge on any atom is 0.270 e. The average molecular weight is 297 g/mol. The molecule has 2 aromatic rings. The van der Waals surface area contributed by atoms with Crippen LogP contribution < -0.4 is 4.72 Å². The van der Waals surface area contributed by atoms with E-state index in [1.165, 1.54) is 24.4 Å². The maximum absolute atomic E-state index is 12.0. The zero-order chi connectivity index (χ0) is 14.8. The Labute approximate surface area is 114 Å². The van der Waals surface area contributed by atoms with E-state index in [9.17, 15) is 18.5 Å². The first-order valence-corrected chi connectivity index (χ1v) is 7.02. The first-order chi connectivity index (χ1) is 9.38. The molecular weight excluding hydrogens is 286 g/mol. The normalized spacial score (nSPS) is 11.4. The van der Waals surface area contributed by atoms with Gasteiger partial charge in [-0.15, -0.1) is 0 Å². The zero-order valence-corrected chi connectivity index (χ0v) is 11.3. The molecule has 0 atom stereocenters. The number of hydrogen-bond acceptors (Lipinski definition) is 6. The second-order valence-corrected chi connectivity index (χ2v) is 5.71. The third kappa shape index (κ3) is 3.19. The predicted molar refractivity (Wildman–Crippen MR) is 68.4 cm³/mol. The van der Waals surface area contributed by atoms with Gasteiger partial charge in [0, 0.05) is 12.1 Å². The number of nitro groups is 1. The van der Waals surface area contributed by atoms with Crippen LogP contribution in [0.3, 0.4) is 0 Å². The van der Waals surface area contributed by atoms with E-state index in [0.717, 1.165) is 6.07 Å². The van der Waals surface area contributed by atoms with Gasteiger partial charge in [-0.1, -0.05) is 6.07 Å². The Balaban J connectivity index is 2.17. The highest BCUT2D eigenvalue weighted by Crippen LogP contribution is 2.17. The lowest BCUT2D eigenvalue weighted by Crippen LogP contribution is -2.23. The molecule has 0 unspecified atom stereocenters. The van der Waals surface area contributed by atoms with Gasteiger partial charge in [0.1, 0.15) is 5.76 Å². The lowest BCUT2D eigenvalue weighted by Gasteiger charge is -2.04. The molecule has 0 aliphatic heterocycles. The van der Waals surface area contributed by atoms with Crippen LogP contribution in [0.2, 0.25) is 0 Å². The Morgan fingerprint density at radius 2 is 2.20 bits per heavy atom. The van der Waals surface area contributed by atoms with Gasteiger partial charge in [0.15, 0.2) is 0 Å². The van der Waals surface area contributed by atoms with Crippen molar-refractivity contribution in [2.45, 2.75) is 18.4 Å². The van der Waals surface area contributed by atoms with Crippen molar-refractivity contribution in [3.05, 3.63) is 52.2 Å². The molecule has 9 heteroatoms. The fourth-order valence-corrected chi connectivity index (χ4v) is 2.50. The van der Waals surface area contributed by atoms with Crippen LogP contribution in [-0.4, -0.2) is 18.3 Å². The maximum atomic E-state index is 12.0. The summed E-state index contributed by atoms with van der Waals surface area (Å²) >= 11 is 0. The molecule has 106 valence electrons. The van der Waals surface area contributed by atoms with Gasteiger partial charge in [-0.05, 0) is 13.0 Å². The molecule has 1 aromatic heterocycles. The van der Waals surface area contributed by atoms with Crippen LogP contribution in [-0.2, 0) is 16.6 Å². The lowest BCUT2D eigenvalue weighted by atomic mass is 10.3. The molecule has 8 nitrogen and oxygen atoms in total. The topological polar surface area (TPSA) is 115 Å². The highest BCUT2D eigenvalue weighted by Gasteiger charge is 2.18. The molecule has 0 saturated heterocycles. The Morgan fingerprint density at radius 1 is 1.45 bits per heavy atom. The van der Waals surface area contributed by atoms with Crippen LogP contribution in [0.15, 0.2) is 39.8 Å². The molecule has 20 heavy (non-hydrogen) atoms. The van der Waals surface area contributed by atoms with E-state index < -0.39 is 14.9 Å². The standard InChI is InChI=1S/C11H11N3O5S/c1-8-6-12-11(19-8)7-13-20(17,18)10-4-2-3-9(5-10)14(15)16/h2-6,13H,7H2,1H3. The summed E-state index contributed by atoms with van der Waals surface area (Å²) in [4.78, 5) is 13.6. The number of nitrogens with zero attached hydrogens (tertiary/aromatic N) is 2. The van der Waals surface area contributed by atoms with Gasteiger partial charge in [0.05, 0.1) is 22.6 Å². The van der Waals surface area contributed by atoms with E-state index >= 15 is 0 Å². The van der Waals surface area contributed by atoms with Gasteiger partial charge in [0.2, 0.25) is 15.9 Å². The number of sulfonamides is 1. The summed E-state index contributed by atoms with van der Waals surface area (Å²) in [5.74, 6) is 0.783. The fraction of sp³-hybridized carbons (Fsp3) is 0.182. The molecule has 0 radical (unpaired) electrons. The van der Waals surface area contributed by atoms with Crippen LogP contribution in [0.25, 0.3) is 0 Å². The molecule has 0 bridgehead atoms. The van der Waals surface area contributed by atoms with Crippen LogP contribution in [0.4, 0.5) is 5.69 Å². The van der Waals surface area contributed by atoms with Gasteiger partial charge in [-0.2, -0.15) is 0 Å². The quantitative estimate of drug-likeness (QED) is 0.658. The van der Waals surface area contributed by atoms with Crippen molar-refractivity contribution in [3.63, 3.8) is 0 Å². The summed E-state index contributed by atoms with van der Waals surface area (Å²) in [5, 5.41) is 10.6. The number of non-ortho nitro benzene ring substituents is 1. The second-order valence-electron chi connectivity index (χ2n) is 3.94. The fourth-order valence-electron chi connectivity index (χ4n) is 1.49. The number of benzene rings is 1. The van der Waals surface area contributed by atoms with E-state index in [1.807, 2.05) is 0 Å². The summed E-state index contributed by atoms with van der Waals surface area (Å²) in [7, 11) is -3.86. The van der Waals surface area contributed by atoms with E-state index in [4.69, 9.17) is 4.42 Å². The second kappa shape index (κ2) is 5.39. The van der Waals surface area contributed by atoms with E-state index in [1.54, 1.807) is 6.92 Å². The molecule has 0 fully saturated rings. The first-order valence-electron chi connectivity index (χ1n) is 5.54. The minimum absolute atomic E-state index is 0.126. The smallest absolute Gasteiger partial charge is 0.270 e. The number of aryl methyl sites for hydroxylation is 1. The van der Waals surface area contributed by atoms with E-state index in [2.05, 4.69) is 9.71 Å². The lowest BCUT2D eigenvalue weighted by molar-refractivity contribution is -0.385. The Bertz CT molecular complexity index is 738. The van der Waals surface area contributed by atoms with Crippen LogP contribution >= 0.6 is 0 Å². The molecule has 0 aliphatic rings. The van der Waals surface area contributed by atoms with Gasteiger partial charge in [-0.3, -0.25) is 10.1 Å². The first kappa shape index (κ1) is 14.2. The van der Waals surface area contributed by atoms with Crippen molar-refractivity contribution < 1.29 is 17.8 Å². The van der Waals surface area contributed by atoms with Gasteiger partial charge in [0.25, 0.3) is 5.69 Å². The molecular formula is C11H11N3O5S. The van der Waals surface area contributed by atoms with E-state index in [-0.39, 0.29) is 23.0 Å². The summed E-state index contributed by atoms with van der Waals surface area (Å²) in [6.45, 7) is 1.56. The van der Waals surface area contributed by atoms with Crippen LogP contribution in [0.1, 0.15) is 11.7 Å². The minimum Gasteiger partial charge on any atom is -0.445 e. The average Bonchev–Trinajstić information content (AvgIpc) is 2.82. The Morgan fingerprint density at radius 3 is 2.80 bits per heavy atom. The number of nitrogens with one attached hydrogen (secondary N) is 1. The van der Waals surface area contributed by atoms with Gasteiger partial charge < -0.3 is 4.42 Å². The van der Waals surface area contributed by atoms with Crippen molar-refractivity contribution in [1.29, 1.82) is 0 Å².